The minimum Gasteiger partial charge on any atom is -0.368 e. The molecule has 94 valence electrons. The number of aromatic nitrogens is 2. The molecule has 1 fully saturated rings. The molecule has 1 aromatic rings. The molecule has 1 saturated heterocycles. The van der Waals surface area contributed by atoms with E-state index in [0.717, 1.165) is 19.4 Å². The van der Waals surface area contributed by atoms with Gasteiger partial charge in [0.25, 0.3) is 0 Å². The quantitative estimate of drug-likeness (QED) is 0.832. The minimum absolute atomic E-state index is 0.190. The topological polar surface area (TPSA) is 85.3 Å². The maximum Gasteiger partial charge on any atom is 0.240 e. The molecule has 0 aliphatic carbocycles. The van der Waals surface area contributed by atoms with E-state index in [0.29, 0.717) is 18.3 Å². The molecule has 0 bridgehead atoms. The van der Waals surface area contributed by atoms with Crippen molar-refractivity contribution in [3.8, 4) is 0 Å². The summed E-state index contributed by atoms with van der Waals surface area (Å²) in [5.41, 5.74) is 5.35. The normalized spacial score (nSPS) is 21.2. The summed E-state index contributed by atoms with van der Waals surface area (Å²) in [4.78, 5) is 17.5. The third-order valence-corrected chi connectivity index (χ3v) is 3.03. The smallest absolute Gasteiger partial charge is 0.240 e. The number of nitrogens with zero attached hydrogens (tertiary/aromatic N) is 3. The van der Waals surface area contributed by atoms with Crippen LogP contribution in [0.15, 0.2) is 4.52 Å². The number of likely N-dealkylation sites (tertiary alicyclic amines) is 1. The molecule has 17 heavy (non-hydrogen) atoms. The van der Waals surface area contributed by atoms with E-state index in [1.807, 2.05) is 18.7 Å². The lowest BCUT2D eigenvalue weighted by molar-refractivity contribution is -0.122. The Hall–Kier alpha value is -1.43. The van der Waals surface area contributed by atoms with Crippen LogP contribution in [0.4, 0.5) is 0 Å². The lowest BCUT2D eigenvalue weighted by Gasteiger charge is -2.19. The molecule has 1 atom stereocenters. The van der Waals surface area contributed by atoms with Crippen LogP contribution in [-0.2, 0) is 11.3 Å². The summed E-state index contributed by atoms with van der Waals surface area (Å²) in [7, 11) is 0. The number of primary amides is 1. The maximum atomic E-state index is 11.2. The third kappa shape index (κ3) is 2.63. The first-order valence-electron chi connectivity index (χ1n) is 5.93. The van der Waals surface area contributed by atoms with Crippen molar-refractivity contribution in [1.82, 2.24) is 15.0 Å². The summed E-state index contributed by atoms with van der Waals surface area (Å²) in [5.74, 6) is 1.24. The molecular formula is C11H18N4O2. The van der Waals surface area contributed by atoms with Crippen molar-refractivity contribution in [3.05, 3.63) is 11.7 Å². The summed E-state index contributed by atoms with van der Waals surface area (Å²) >= 11 is 0. The zero-order valence-corrected chi connectivity index (χ0v) is 10.2. The largest absolute Gasteiger partial charge is 0.368 e. The molecule has 1 aromatic heterocycles. The first-order valence-corrected chi connectivity index (χ1v) is 5.93. The molecule has 1 unspecified atom stereocenters. The highest BCUT2D eigenvalue weighted by atomic mass is 16.5. The summed E-state index contributed by atoms with van der Waals surface area (Å²) in [6, 6.07) is -0.190. The van der Waals surface area contributed by atoms with E-state index >= 15 is 0 Å². The highest BCUT2D eigenvalue weighted by Gasteiger charge is 2.30. The van der Waals surface area contributed by atoms with Gasteiger partial charge in [-0.2, -0.15) is 4.98 Å². The second kappa shape index (κ2) is 4.83. The zero-order valence-electron chi connectivity index (χ0n) is 10.2. The van der Waals surface area contributed by atoms with E-state index in [9.17, 15) is 4.79 Å². The number of rotatable bonds is 4. The summed E-state index contributed by atoms with van der Waals surface area (Å²) < 4.78 is 5.16. The van der Waals surface area contributed by atoms with Gasteiger partial charge in [0, 0.05) is 5.92 Å². The van der Waals surface area contributed by atoms with E-state index < -0.39 is 0 Å². The number of carbonyl (C=O) groups excluding carboxylic acids is 1. The average molecular weight is 238 g/mol. The summed E-state index contributed by atoms with van der Waals surface area (Å²) in [6.07, 6.45) is 1.80. The standard InChI is InChI=1S/C11H18N4O2/c1-7(2)11-13-9(17-14-11)6-15-5-3-4-8(15)10(12)16/h7-8H,3-6H2,1-2H3,(H2,12,16). The van der Waals surface area contributed by atoms with Crippen molar-refractivity contribution in [1.29, 1.82) is 0 Å². The van der Waals surface area contributed by atoms with Gasteiger partial charge in [-0.1, -0.05) is 19.0 Å². The van der Waals surface area contributed by atoms with Crippen molar-refractivity contribution in [2.24, 2.45) is 5.73 Å². The molecule has 6 nitrogen and oxygen atoms in total. The second-order valence-corrected chi connectivity index (χ2v) is 4.73. The van der Waals surface area contributed by atoms with E-state index in [1.54, 1.807) is 0 Å². The Morgan fingerprint density at radius 3 is 3.00 bits per heavy atom. The Labute approximate surface area is 100 Å². The molecule has 0 spiro atoms. The highest BCUT2D eigenvalue weighted by molar-refractivity contribution is 5.80. The lowest BCUT2D eigenvalue weighted by atomic mass is 10.2. The second-order valence-electron chi connectivity index (χ2n) is 4.73. The number of amides is 1. The Kier molecular flexibility index (Phi) is 3.42. The molecule has 2 N–H and O–H groups in total. The Balaban J connectivity index is 2.02. The van der Waals surface area contributed by atoms with E-state index in [1.165, 1.54) is 0 Å². The van der Waals surface area contributed by atoms with Crippen LogP contribution in [0.2, 0.25) is 0 Å². The van der Waals surface area contributed by atoms with Gasteiger partial charge in [-0.15, -0.1) is 0 Å². The van der Waals surface area contributed by atoms with Crippen molar-refractivity contribution in [2.45, 2.75) is 45.2 Å². The van der Waals surface area contributed by atoms with Crippen LogP contribution in [0, 0.1) is 0 Å². The SMILES string of the molecule is CC(C)c1noc(CN2CCCC2C(N)=O)n1. The fourth-order valence-corrected chi connectivity index (χ4v) is 2.08. The molecule has 1 amide bonds. The van der Waals surface area contributed by atoms with Crippen molar-refractivity contribution in [2.75, 3.05) is 6.54 Å². The fraction of sp³-hybridized carbons (Fsp3) is 0.727. The van der Waals surface area contributed by atoms with Crippen LogP contribution in [0.5, 0.6) is 0 Å². The summed E-state index contributed by atoms with van der Waals surface area (Å²) in [5, 5.41) is 3.90. The van der Waals surface area contributed by atoms with Crippen molar-refractivity contribution < 1.29 is 9.32 Å². The van der Waals surface area contributed by atoms with Gasteiger partial charge in [-0.25, -0.2) is 0 Å². The number of nitrogens with two attached hydrogens (primary N) is 1. The molecule has 2 heterocycles. The van der Waals surface area contributed by atoms with Gasteiger partial charge in [0.05, 0.1) is 12.6 Å². The van der Waals surface area contributed by atoms with Crippen LogP contribution >= 0.6 is 0 Å². The highest BCUT2D eigenvalue weighted by Crippen LogP contribution is 2.19. The lowest BCUT2D eigenvalue weighted by Crippen LogP contribution is -2.39. The van der Waals surface area contributed by atoms with E-state index in [4.69, 9.17) is 10.3 Å². The predicted molar refractivity (Wildman–Crippen MR) is 61.0 cm³/mol. The Morgan fingerprint density at radius 2 is 2.41 bits per heavy atom. The van der Waals surface area contributed by atoms with Gasteiger partial charge in [0.1, 0.15) is 0 Å². The molecule has 1 aliphatic heterocycles. The minimum atomic E-state index is -0.272. The van der Waals surface area contributed by atoms with Crippen LogP contribution in [0.1, 0.15) is 44.3 Å². The summed E-state index contributed by atoms with van der Waals surface area (Å²) in [6.45, 7) is 5.38. The number of carbonyl (C=O) groups is 1. The van der Waals surface area contributed by atoms with Gasteiger partial charge in [-0.3, -0.25) is 9.69 Å². The third-order valence-electron chi connectivity index (χ3n) is 3.03. The van der Waals surface area contributed by atoms with Gasteiger partial charge < -0.3 is 10.3 Å². The zero-order chi connectivity index (χ0) is 12.4. The van der Waals surface area contributed by atoms with Gasteiger partial charge in [0.2, 0.25) is 11.8 Å². The van der Waals surface area contributed by atoms with Gasteiger partial charge >= 0.3 is 0 Å². The maximum absolute atomic E-state index is 11.2. The molecule has 6 heteroatoms. The van der Waals surface area contributed by atoms with E-state index in [2.05, 4.69) is 10.1 Å². The monoisotopic (exact) mass is 238 g/mol. The van der Waals surface area contributed by atoms with Crippen LogP contribution in [0.25, 0.3) is 0 Å². The molecule has 0 radical (unpaired) electrons. The van der Waals surface area contributed by atoms with Crippen molar-refractivity contribution >= 4 is 5.91 Å². The molecule has 2 rings (SSSR count). The van der Waals surface area contributed by atoms with E-state index in [-0.39, 0.29) is 17.9 Å². The predicted octanol–water partition coefficient (Wildman–Crippen LogP) is 0.643. The molecule has 0 saturated carbocycles. The van der Waals surface area contributed by atoms with Crippen molar-refractivity contribution in [3.63, 3.8) is 0 Å². The van der Waals surface area contributed by atoms with Gasteiger partial charge in [-0.05, 0) is 19.4 Å². The first-order chi connectivity index (χ1) is 8.08. The molecule has 1 aliphatic rings. The van der Waals surface area contributed by atoms with Gasteiger partial charge in [0.15, 0.2) is 5.82 Å². The van der Waals surface area contributed by atoms with Crippen LogP contribution in [-0.4, -0.2) is 33.5 Å². The first kappa shape index (κ1) is 12.0. The van der Waals surface area contributed by atoms with Crippen LogP contribution in [0.3, 0.4) is 0 Å². The number of hydrogen-bond donors (Lipinski definition) is 1. The fourth-order valence-electron chi connectivity index (χ4n) is 2.08. The average Bonchev–Trinajstić information content (AvgIpc) is 2.86. The molecule has 0 aromatic carbocycles. The van der Waals surface area contributed by atoms with Crippen LogP contribution < -0.4 is 5.73 Å². The number of hydrogen-bond acceptors (Lipinski definition) is 5. The molecular weight excluding hydrogens is 220 g/mol. The Morgan fingerprint density at radius 1 is 1.65 bits per heavy atom. The Bertz CT molecular complexity index is 402.